The Kier molecular flexibility index (Phi) is 3.74. The molecule has 2 aliphatic rings. The number of ether oxygens (including phenoxy) is 1. The van der Waals surface area contributed by atoms with Crippen LogP contribution in [0.15, 0.2) is 4.34 Å². The largest absolute Gasteiger partial charge is 0.448 e. The average Bonchev–Trinajstić information content (AvgIpc) is 2.93. The zero-order valence-corrected chi connectivity index (χ0v) is 12.3. The van der Waals surface area contributed by atoms with Crippen molar-refractivity contribution in [3.05, 3.63) is 0 Å². The Hall–Kier alpha value is -1.07. The Morgan fingerprint density at radius 3 is 2.76 bits per heavy atom. The van der Waals surface area contributed by atoms with E-state index in [1.165, 1.54) is 0 Å². The molecule has 11 heteroatoms. The SMILES string of the molecule is O=C(Nc1nnc(SC(F)(F)F)s1)N1CCC2(COC2)C1. The first-order valence-electron chi connectivity index (χ1n) is 6.08. The Morgan fingerprint density at radius 1 is 1.43 bits per heavy atom. The number of aromatic nitrogens is 2. The maximum Gasteiger partial charge on any atom is 0.448 e. The van der Waals surface area contributed by atoms with Gasteiger partial charge in [-0.2, -0.15) is 13.2 Å². The van der Waals surface area contributed by atoms with Gasteiger partial charge in [-0.1, -0.05) is 11.3 Å². The third-order valence-corrected chi connectivity index (χ3v) is 4.99. The molecule has 0 radical (unpaired) electrons. The smallest absolute Gasteiger partial charge is 0.380 e. The van der Waals surface area contributed by atoms with Crippen molar-refractivity contribution in [1.82, 2.24) is 15.1 Å². The first kappa shape index (κ1) is 14.9. The molecule has 2 saturated heterocycles. The lowest BCUT2D eigenvalue weighted by Gasteiger charge is -2.37. The van der Waals surface area contributed by atoms with Gasteiger partial charge in [0.05, 0.1) is 13.2 Å². The molecule has 0 unspecified atom stereocenters. The molecular formula is C10H11F3N4O2S2. The highest BCUT2D eigenvalue weighted by molar-refractivity contribution is 8.01. The van der Waals surface area contributed by atoms with E-state index in [4.69, 9.17) is 4.74 Å². The van der Waals surface area contributed by atoms with Crippen molar-refractivity contribution in [2.45, 2.75) is 16.3 Å². The van der Waals surface area contributed by atoms with Crippen molar-refractivity contribution < 1.29 is 22.7 Å². The Morgan fingerprint density at radius 2 is 2.19 bits per heavy atom. The molecule has 2 fully saturated rings. The van der Waals surface area contributed by atoms with Gasteiger partial charge in [0, 0.05) is 30.3 Å². The number of carbonyl (C=O) groups is 1. The maximum atomic E-state index is 12.2. The van der Waals surface area contributed by atoms with Crippen LogP contribution in [0.2, 0.25) is 0 Å². The molecule has 0 bridgehead atoms. The summed E-state index contributed by atoms with van der Waals surface area (Å²) in [7, 11) is 0. The molecule has 6 nitrogen and oxygen atoms in total. The number of hydrogen-bond acceptors (Lipinski definition) is 6. The fraction of sp³-hybridized carbons (Fsp3) is 0.700. The molecular weight excluding hydrogens is 329 g/mol. The normalized spacial score (nSPS) is 20.6. The molecule has 0 aliphatic carbocycles. The van der Waals surface area contributed by atoms with Crippen molar-refractivity contribution in [3.63, 3.8) is 0 Å². The van der Waals surface area contributed by atoms with Crippen LogP contribution < -0.4 is 5.32 Å². The van der Waals surface area contributed by atoms with Gasteiger partial charge in [-0.05, 0) is 6.42 Å². The van der Waals surface area contributed by atoms with Crippen LogP contribution in [0.3, 0.4) is 0 Å². The third kappa shape index (κ3) is 3.40. The number of amides is 2. The van der Waals surface area contributed by atoms with Crippen LogP contribution in [0.25, 0.3) is 0 Å². The summed E-state index contributed by atoms with van der Waals surface area (Å²) in [4.78, 5) is 13.6. The molecule has 3 rings (SSSR count). The lowest BCUT2D eigenvalue weighted by Crippen LogP contribution is -2.46. The van der Waals surface area contributed by atoms with Crippen molar-refractivity contribution in [2.75, 3.05) is 31.6 Å². The molecule has 116 valence electrons. The van der Waals surface area contributed by atoms with Crippen molar-refractivity contribution in [3.8, 4) is 0 Å². The first-order valence-corrected chi connectivity index (χ1v) is 7.72. The summed E-state index contributed by atoms with van der Waals surface area (Å²) in [5.74, 6) is 0. The van der Waals surface area contributed by atoms with Gasteiger partial charge in [0.25, 0.3) is 0 Å². The van der Waals surface area contributed by atoms with E-state index >= 15 is 0 Å². The van der Waals surface area contributed by atoms with Gasteiger partial charge in [0.2, 0.25) is 5.13 Å². The topological polar surface area (TPSA) is 67.4 Å². The third-order valence-electron chi connectivity index (χ3n) is 3.37. The zero-order valence-electron chi connectivity index (χ0n) is 10.6. The molecule has 0 saturated carbocycles. The standard InChI is InChI=1S/C10H11F3N4O2S2/c11-10(12,13)21-8-16-15-6(20-8)14-7(18)17-2-1-9(3-17)4-19-5-9/h1-5H2,(H,14,15,18). The second-order valence-corrected chi connectivity index (χ2v) is 7.31. The summed E-state index contributed by atoms with van der Waals surface area (Å²) in [5.41, 5.74) is -4.35. The number of thioether (sulfide) groups is 1. The number of nitrogens with zero attached hydrogens (tertiary/aromatic N) is 3. The lowest BCUT2D eigenvalue weighted by molar-refractivity contribution is -0.103. The Labute approximate surface area is 126 Å². The minimum absolute atomic E-state index is 0.0652. The van der Waals surface area contributed by atoms with Crippen LogP contribution in [-0.4, -0.2) is 52.9 Å². The second-order valence-electron chi connectivity index (χ2n) is 5.02. The van der Waals surface area contributed by atoms with Crippen LogP contribution in [0.5, 0.6) is 0 Å². The molecule has 1 aromatic rings. The monoisotopic (exact) mass is 340 g/mol. The predicted octanol–water partition coefficient (Wildman–Crippen LogP) is 2.40. The lowest BCUT2D eigenvalue weighted by atomic mass is 9.85. The number of rotatable bonds is 2. The van der Waals surface area contributed by atoms with E-state index < -0.39 is 5.51 Å². The number of carbonyl (C=O) groups excluding carboxylic acids is 1. The fourth-order valence-corrected chi connectivity index (χ4v) is 3.74. The first-order chi connectivity index (χ1) is 9.85. The Balaban J connectivity index is 1.55. The predicted molar refractivity (Wildman–Crippen MR) is 70.3 cm³/mol. The molecule has 21 heavy (non-hydrogen) atoms. The van der Waals surface area contributed by atoms with Gasteiger partial charge in [-0.25, -0.2) is 4.79 Å². The second kappa shape index (κ2) is 5.29. The van der Waals surface area contributed by atoms with E-state index in [0.29, 0.717) is 37.6 Å². The van der Waals surface area contributed by atoms with Gasteiger partial charge in [-0.15, -0.1) is 10.2 Å². The Bertz CT molecular complexity index is 547. The van der Waals surface area contributed by atoms with Crippen LogP contribution in [0, 0.1) is 5.41 Å². The molecule has 1 N–H and O–H groups in total. The van der Waals surface area contributed by atoms with Gasteiger partial charge < -0.3 is 9.64 Å². The van der Waals surface area contributed by atoms with E-state index in [0.717, 1.165) is 6.42 Å². The van der Waals surface area contributed by atoms with E-state index in [1.54, 1.807) is 4.90 Å². The van der Waals surface area contributed by atoms with Gasteiger partial charge in [-0.3, -0.25) is 5.32 Å². The summed E-state index contributed by atoms with van der Waals surface area (Å²) < 4.78 is 41.5. The minimum Gasteiger partial charge on any atom is -0.380 e. The minimum atomic E-state index is -4.41. The highest BCUT2D eigenvalue weighted by Crippen LogP contribution is 2.40. The number of alkyl halides is 3. The van der Waals surface area contributed by atoms with Crippen molar-refractivity contribution >= 4 is 34.3 Å². The van der Waals surface area contributed by atoms with E-state index in [1.807, 2.05) is 0 Å². The highest BCUT2D eigenvalue weighted by Gasteiger charge is 2.45. The molecule has 0 aromatic carbocycles. The number of urea groups is 1. The molecule has 1 spiro atoms. The van der Waals surface area contributed by atoms with Crippen LogP contribution in [0.4, 0.5) is 23.1 Å². The van der Waals surface area contributed by atoms with Gasteiger partial charge in [0.1, 0.15) is 0 Å². The number of halogens is 3. The van der Waals surface area contributed by atoms with E-state index in [-0.39, 0.29) is 32.7 Å². The van der Waals surface area contributed by atoms with E-state index in [2.05, 4.69) is 15.5 Å². The molecule has 2 amide bonds. The number of anilines is 1. The fourth-order valence-electron chi connectivity index (χ4n) is 2.31. The molecule has 1 aromatic heterocycles. The number of nitrogens with one attached hydrogen (secondary N) is 1. The summed E-state index contributed by atoms with van der Waals surface area (Å²) in [6.45, 7) is 2.52. The highest BCUT2D eigenvalue weighted by atomic mass is 32.2. The maximum absolute atomic E-state index is 12.2. The average molecular weight is 340 g/mol. The quantitative estimate of drug-likeness (QED) is 0.661. The van der Waals surface area contributed by atoms with Crippen LogP contribution >= 0.6 is 23.1 Å². The summed E-state index contributed by atoms with van der Waals surface area (Å²) >= 11 is 0.361. The van der Waals surface area contributed by atoms with Gasteiger partial charge >= 0.3 is 11.5 Å². The van der Waals surface area contributed by atoms with Crippen LogP contribution in [0.1, 0.15) is 6.42 Å². The number of hydrogen-bond donors (Lipinski definition) is 1. The summed E-state index contributed by atoms with van der Waals surface area (Å²) in [6.07, 6.45) is 0.881. The number of likely N-dealkylation sites (tertiary alicyclic amines) is 1. The summed E-state index contributed by atoms with van der Waals surface area (Å²) in [5, 5.41) is 9.50. The van der Waals surface area contributed by atoms with E-state index in [9.17, 15) is 18.0 Å². The van der Waals surface area contributed by atoms with Crippen molar-refractivity contribution in [2.24, 2.45) is 5.41 Å². The molecule has 2 aliphatic heterocycles. The summed E-state index contributed by atoms with van der Waals surface area (Å²) in [6, 6.07) is -0.363. The van der Waals surface area contributed by atoms with Crippen molar-refractivity contribution in [1.29, 1.82) is 0 Å². The molecule has 0 atom stereocenters. The molecule has 3 heterocycles. The zero-order chi connectivity index (χ0) is 15.1. The van der Waals surface area contributed by atoms with Gasteiger partial charge in [0.15, 0.2) is 4.34 Å². The van der Waals surface area contributed by atoms with Crippen LogP contribution in [-0.2, 0) is 4.74 Å².